The molecule has 4 nitrogen and oxygen atoms in total. The largest absolute Gasteiger partial charge is 0.354 e. The molecule has 2 heterocycles. The van der Waals surface area contributed by atoms with E-state index in [1.165, 1.54) is 5.56 Å². The maximum absolute atomic E-state index is 5.83. The highest BCUT2D eigenvalue weighted by molar-refractivity contribution is 5.39. The number of pyridine rings is 1. The van der Waals surface area contributed by atoms with Crippen molar-refractivity contribution in [1.29, 1.82) is 0 Å². The smallest absolute Gasteiger partial charge is 0.128 e. The van der Waals surface area contributed by atoms with Gasteiger partial charge in [0.15, 0.2) is 0 Å². The Morgan fingerprint density at radius 1 is 1.22 bits per heavy atom. The summed E-state index contributed by atoms with van der Waals surface area (Å²) in [6.07, 6.45) is 1.94. The second-order valence-electron chi connectivity index (χ2n) is 5.68. The number of aromatic nitrogens is 1. The van der Waals surface area contributed by atoms with Gasteiger partial charge in [0.2, 0.25) is 0 Å². The fourth-order valence-electron chi connectivity index (χ4n) is 2.32. The van der Waals surface area contributed by atoms with Gasteiger partial charge in [-0.25, -0.2) is 4.98 Å². The van der Waals surface area contributed by atoms with E-state index in [0.29, 0.717) is 6.54 Å². The molecule has 1 fully saturated rings. The zero-order chi connectivity index (χ0) is 13.2. The molecule has 4 heteroatoms. The summed E-state index contributed by atoms with van der Waals surface area (Å²) >= 11 is 0. The highest BCUT2D eigenvalue weighted by atomic mass is 15.3. The van der Waals surface area contributed by atoms with E-state index < -0.39 is 0 Å². The van der Waals surface area contributed by atoms with Crippen molar-refractivity contribution in [3.05, 3.63) is 23.9 Å². The van der Waals surface area contributed by atoms with Crippen molar-refractivity contribution in [3.63, 3.8) is 0 Å². The molecule has 0 bridgehead atoms. The van der Waals surface area contributed by atoms with Gasteiger partial charge in [-0.05, 0) is 32.4 Å². The lowest BCUT2D eigenvalue weighted by atomic mass is 10.0. The number of rotatable bonds is 3. The van der Waals surface area contributed by atoms with Gasteiger partial charge in [0.25, 0.3) is 0 Å². The minimum Gasteiger partial charge on any atom is -0.354 e. The van der Waals surface area contributed by atoms with Crippen molar-refractivity contribution >= 4 is 5.82 Å². The van der Waals surface area contributed by atoms with E-state index in [9.17, 15) is 0 Å². The third-order valence-electron chi connectivity index (χ3n) is 3.86. The van der Waals surface area contributed by atoms with E-state index in [-0.39, 0.29) is 5.54 Å². The maximum atomic E-state index is 5.83. The van der Waals surface area contributed by atoms with Gasteiger partial charge in [0.05, 0.1) is 0 Å². The lowest BCUT2D eigenvalue weighted by Gasteiger charge is -2.43. The maximum Gasteiger partial charge on any atom is 0.128 e. The van der Waals surface area contributed by atoms with Crippen LogP contribution in [0.3, 0.4) is 0 Å². The summed E-state index contributed by atoms with van der Waals surface area (Å²) in [4.78, 5) is 9.31. The highest BCUT2D eigenvalue weighted by Gasteiger charge is 2.28. The van der Waals surface area contributed by atoms with Crippen LogP contribution >= 0.6 is 0 Å². The fraction of sp³-hybridized carbons (Fsp3) is 0.643. The molecule has 0 aromatic carbocycles. The molecule has 1 saturated heterocycles. The number of anilines is 1. The SMILES string of the molecule is Cc1ccc(N2CCN(C(C)(C)CN)CC2)nc1. The molecule has 1 aliphatic rings. The predicted molar refractivity (Wildman–Crippen MR) is 75.9 cm³/mol. The van der Waals surface area contributed by atoms with Crippen LogP contribution in [0.1, 0.15) is 19.4 Å². The Bertz CT molecular complexity index is 377. The first-order valence-electron chi connectivity index (χ1n) is 6.66. The average molecular weight is 248 g/mol. The van der Waals surface area contributed by atoms with E-state index in [2.05, 4.69) is 47.7 Å². The first-order valence-corrected chi connectivity index (χ1v) is 6.66. The summed E-state index contributed by atoms with van der Waals surface area (Å²) < 4.78 is 0. The normalized spacial score (nSPS) is 18.1. The van der Waals surface area contributed by atoms with Gasteiger partial charge in [-0.15, -0.1) is 0 Å². The monoisotopic (exact) mass is 248 g/mol. The fourth-order valence-corrected chi connectivity index (χ4v) is 2.32. The molecule has 2 N–H and O–H groups in total. The third-order valence-corrected chi connectivity index (χ3v) is 3.86. The average Bonchev–Trinajstić information content (AvgIpc) is 2.40. The minimum absolute atomic E-state index is 0.104. The Labute approximate surface area is 110 Å². The van der Waals surface area contributed by atoms with Gasteiger partial charge in [-0.2, -0.15) is 0 Å². The van der Waals surface area contributed by atoms with Crippen molar-refractivity contribution in [3.8, 4) is 0 Å². The van der Waals surface area contributed by atoms with Crippen LogP contribution in [-0.2, 0) is 0 Å². The van der Waals surface area contributed by atoms with E-state index >= 15 is 0 Å². The molecule has 0 aliphatic carbocycles. The number of piperazine rings is 1. The van der Waals surface area contributed by atoms with Gasteiger partial charge >= 0.3 is 0 Å². The van der Waals surface area contributed by atoms with E-state index in [1.54, 1.807) is 0 Å². The zero-order valence-electron chi connectivity index (χ0n) is 11.7. The van der Waals surface area contributed by atoms with Crippen molar-refractivity contribution in [1.82, 2.24) is 9.88 Å². The summed E-state index contributed by atoms with van der Waals surface area (Å²) in [6.45, 7) is 11.4. The van der Waals surface area contributed by atoms with Gasteiger partial charge in [0, 0.05) is 44.5 Å². The molecule has 0 saturated carbocycles. The highest BCUT2D eigenvalue weighted by Crippen LogP contribution is 2.19. The van der Waals surface area contributed by atoms with Crippen LogP contribution in [0, 0.1) is 6.92 Å². The standard InChI is InChI=1S/C14H24N4/c1-12-4-5-13(16-10-12)17-6-8-18(9-7-17)14(2,3)11-15/h4-5,10H,6-9,11,15H2,1-3H3. The van der Waals surface area contributed by atoms with E-state index in [4.69, 9.17) is 5.73 Å². The number of nitrogens with two attached hydrogens (primary N) is 1. The number of hydrogen-bond acceptors (Lipinski definition) is 4. The Morgan fingerprint density at radius 2 is 1.89 bits per heavy atom. The summed E-state index contributed by atoms with van der Waals surface area (Å²) in [5.41, 5.74) is 7.15. The Morgan fingerprint density at radius 3 is 2.39 bits per heavy atom. The van der Waals surface area contributed by atoms with Gasteiger partial charge in [-0.3, -0.25) is 4.90 Å². The number of nitrogens with zero attached hydrogens (tertiary/aromatic N) is 3. The molecule has 0 amide bonds. The lowest BCUT2D eigenvalue weighted by Crippen LogP contribution is -2.57. The summed E-state index contributed by atoms with van der Waals surface area (Å²) in [5.74, 6) is 1.09. The van der Waals surface area contributed by atoms with Crippen molar-refractivity contribution < 1.29 is 0 Å². The molecule has 0 spiro atoms. The second-order valence-corrected chi connectivity index (χ2v) is 5.68. The second kappa shape index (κ2) is 5.24. The van der Waals surface area contributed by atoms with Crippen molar-refractivity contribution in [2.45, 2.75) is 26.3 Å². The molecular weight excluding hydrogens is 224 g/mol. The molecule has 100 valence electrons. The van der Waals surface area contributed by atoms with Gasteiger partial charge in [0.1, 0.15) is 5.82 Å². The summed E-state index contributed by atoms with van der Waals surface area (Å²) in [5, 5.41) is 0. The molecule has 0 radical (unpaired) electrons. The van der Waals surface area contributed by atoms with E-state index in [1.807, 2.05) is 6.20 Å². The Balaban J connectivity index is 1.96. The minimum atomic E-state index is 0.104. The van der Waals surface area contributed by atoms with Crippen molar-refractivity contribution in [2.75, 3.05) is 37.6 Å². The zero-order valence-corrected chi connectivity index (χ0v) is 11.7. The molecule has 1 aromatic rings. The number of hydrogen-bond donors (Lipinski definition) is 1. The van der Waals surface area contributed by atoms with Crippen LogP contribution in [0.4, 0.5) is 5.82 Å². The summed E-state index contributed by atoms with van der Waals surface area (Å²) in [7, 11) is 0. The topological polar surface area (TPSA) is 45.4 Å². The van der Waals surface area contributed by atoms with Crippen LogP contribution in [-0.4, -0.2) is 48.1 Å². The third kappa shape index (κ3) is 2.82. The van der Waals surface area contributed by atoms with Crippen LogP contribution in [0.25, 0.3) is 0 Å². The van der Waals surface area contributed by atoms with Gasteiger partial charge < -0.3 is 10.6 Å². The summed E-state index contributed by atoms with van der Waals surface area (Å²) in [6, 6.07) is 4.23. The predicted octanol–water partition coefficient (Wildman–Crippen LogP) is 1.25. The molecule has 2 rings (SSSR count). The Hall–Kier alpha value is -1.13. The molecule has 18 heavy (non-hydrogen) atoms. The molecule has 0 atom stereocenters. The van der Waals surface area contributed by atoms with Crippen molar-refractivity contribution in [2.24, 2.45) is 5.73 Å². The first kappa shape index (κ1) is 13.3. The van der Waals surface area contributed by atoms with Crippen LogP contribution in [0.2, 0.25) is 0 Å². The first-order chi connectivity index (χ1) is 8.53. The molecular formula is C14H24N4. The van der Waals surface area contributed by atoms with E-state index in [0.717, 1.165) is 32.0 Å². The lowest BCUT2D eigenvalue weighted by molar-refractivity contribution is 0.119. The molecule has 1 aliphatic heterocycles. The molecule has 0 unspecified atom stereocenters. The van der Waals surface area contributed by atoms with Crippen LogP contribution in [0.5, 0.6) is 0 Å². The van der Waals surface area contributed by atoms with Gasteiger partial charge in [-0.1, -0.05) is 6.07 Å². The van der Waals surface area contributed by atoms with Crippen LogP contribution < -0.4 is 10.6 Å². The quantitative estimate of drug-likeness (QED) is 0.874. The number of aryl methyl sites for hydroxylation is 1. The van der Waals surface area contributed by atoms with Crippen LogP contribution in [0.15, 0.2) is 18.3 Å². The molecule has 1 aromatic heterocycles. The Kier molecular flexibility index (Phi) is 3.88.